The van der Waals surface area contributed by atoms with Crippen molar-refractivity contribution in [3.8, 4) is 0 Å². The third-order valence-corrected chi connectivity index (χ3v) is 11.2. The van der Waals surface area contributed by atoms with E-state index in [1.54, 1.807) is 24.3 Å². The number of fused-ring (bicyclic) bond motifs is 3. The standard InChI is InChI=1S/C32H40Cl2FN3O3/c1-29(2)12-14-31(15-13-29)32(22-7-6-19(33)16-24(22)37-28(32)40)26(21-4-3-5-23(34)27(21)35)25(38-31)17-36-20-8-10-30(41,18-39)11-9-20/h3-7,16,20,25-26,36,38-39,41H,8-15,17-18H2,1-2H3,(H,37,40)/t20?,25-,26-,30?,32+/m0/s1. The summed E-state index contributed by atoms with van der Waals surface area (Å²) < 4.78 is 16.0. The normalized spacial score (nSPS) is 33.7. The van der Waals surface area contributed by atoms with Crippen molar-refractivity contribution >= 4 is 34.8 Å². The van der Waals surface area contributed by atoms with E-state index in [0.29, 0.717) is 35.7 Å². The minimum Gasteiger partial charge on any atom is -0.393 e. The molecule has 1 saturated heterocycles. The zero-order valence-corrected chi connectivity index (χ0v) is 25.2. The predicted octanol–water partition coefficient (Wildman–Crippen LogP) is 5.67. The Bertz CT molecular complexity index is 1340. The average Bonchev–Trinajstić information content (AvgIpc) is 3.39. The molecule has 6 nitrogen and oxygen atoms in total. The van der Waals surface area contributed by atoms with Crippen molar-refractivity contribution in [3.63, 3.8) is 0 Å². The van der Waals surface area contributed by atoms with E-state index in [1.165, 1.54) is 0 Å². The molecule has 2 aromatic rings. The van der Waals surface area contributed by atoms with Crippen molar-refractivity contribution in [1.29, 1.82) is 0 Å². The van der Waals surface area contributed by atoms with Crippen molar-refractivity contribution < 1.29 is 19.4 Å². The van der Waals surface area contributed by atoms with Gasteiger partial charge in [-0.3, -0.25) is 4.79 Å². The number of amides is 1. The highest BCUT2D eigenvalue weighted by atomic mass is 35.5. The first-order chi connectivity index (χ1) is 19.4. The van der Waals surface area contributed by atoms with Crippen LogP contribution in [0, 0.1) is 11.2 Å². The Labute approximate surface area is 251 Å². The fraction of sp³-hybridized carbons (Fsp3) is 0.594. The molecule has 2 aliphatic carbocycles. The highest BCUT2D eigenvalue weighted by Gasteiger charge is 2.71. The van der Waals surface area contributed by atoms with E-state index in [1.807, 2.05) is 12.1 Å². The Morgan fingerprint density at radius 1 is 1.05 bits per heavy atom. The highest BCUT2D eigenvalue weighted by Crippen LogP contribution is 2.64. The molecule has 41 heavy (non-hydrogen) atoms. The van der Waals surface area contributed by atoms with Crippen molar-refractivity contribution in [2.75, 3.05) is 18.5 Å². The van der Waals surface area contributed by atoms with Crippen molar-refractivity contribution in [2.45, 2.75) is 99.8 Å². The first-order valence-electron chi connectivity index (χ1n) is 14.8. The van der Waals surface area contributed by atoms with E-state index in [9.17, 15) is 15.0 Å². The number of hydrogen-bond donors (Lipinski definition) is 5. The van der Waals surface area contributed by atoms with Crippen molar-refractivity contribution in [2.24, 2.45) is 5.41 Å². The van der Waals surface area contributed by atoms with E-state index < -0.39 is 28.3 Å². The molecule has 1 amide bonds. The van der Waals surface area contributed by atoms with Gasteiger partial charge in [-0.2, -0.15) is 0 Å². The maximum Gasteiger partial charge on any atom is 0.237 e. The Hall–Kier alpha value is -1.74. The van der Waals surface area contributed by atoms with Gasteiger partial charge in [0.2, 0.25) is 5.91 Å². The first kappa shape index (κ1) is 29.3. The summed E-state index contributed by atoms with van der Waals surface area (Å²) >= 11 is 12.8. The lowest BCUT2D eigenvalue weighted by Gasteiger charge is -2.50. The van der Waals surface area contributed by atoms with Crippen LogP contribution in [0.5, 0.6) is 0 Å². The summed E-state index contributed by atoms with van der Waals surface area (Å²) in [4.78, 5) is 14.5. The second-order valence-electron chi connectivity index (χ2n) is 13.6. The van der Waals surface area contributed by atoms with Crippen molar-refractivity contribution in [1.82, 2.24) is 10.6 Å². The fourth-order valence-corrected chi connectivity index (χ4v) is 8.68. The summed E-state index contributed by atoms with van der Waals surface area (Å²) in [6.45, 7) is 4.82. The lowest BCUT2D eigenvalue weighted by atomic mass is 9.53. The minimum absolute atomic E-state index is 0.0420. The highest BCUT2D eigenvalue weighted by molar-refractivity contribution is 6.31. The van der Waals surface area contributed by atoms with Crippen LogP contribution in [-0.2, 0) is 10.2 Å². The summed E-state index contributed by atoms with van der Waals surface area (Å²) in [7, 11) is 0. The van der Waals surface area contributed by atoms with Crippen LogP contribution in [0.25, 0.3) is 0 Å². The number of anilines is 1. The quantitative estimate of drug-likeness (QED) is 0.303. The van der Waals surface area contributed by atoms with Gasteiger partial charge in [-0.05, 0) is 86.1 Å². The van der Waals surface area contributed by atoms with Gasteiger partial charge in [0.1, 0.15) is 11.2 Å². The second kappa shape index (κ2) is 10.5. The van der Waals surface area contributed by atoms with Gasteiger partial charge in [0.25, 0.3) is 0 Å². The van der Waals surface area contributed by atoms with Crippen LogP contribution < -0.4 is 16.0 Å². The molecule has 2 aromatic carbocycles. The number of benzene rings is 2. The molecule has 0 aromatic heterocycles. The Balaban J connectivity index is 1.46. The van der Waals surface area contributed by atoms with Gasteiger partial charge in [-0.1, -0.05) is 55.2 Å². The number of carbonyl (C=O) groups is 1. The zero-order valence-electron chi connectivity index (χ0n) is 23.7. The molecule has 9 heteroatoms. The largest absolute Gasteiger partial charge is 0.393 e. The number of aliphatic hydroxyl groups is 2. The Kier molecular flexibility index (Phi) is 7.48. The van der Waals surface area contributed by atoms with Gasteiger partial charge in [0.15, 0.2) is 0 Å². The molecule has 5 N–H and O–H groups in total. The fourth-order valence-electron chi connectivity index (χ4n) is 8.33. The molecule has 2 spiro atoms. The predicted molar refractivity (Wildman–Crippen MR) is 160 cm³/mol. The number of rotatable bonds is 5. The van der Waals surface area contributed by atoms with Gasteiger partial charge in [0, 0.05) is 40.8 Å². The lowest BCUT2D eigenvalue weighted by Crippen LogP contribution is -2.61. The van der Waals surface area contributed by atoms with Crippen molar-refractivity contribution in [3.05, 3.63) is 63.4 Å². The number of hydrogen-bond acceptors (Lipinski definition) is 5. The molecule has 0 unspecified atom stereocenters. The van der Waals surface area contributed by atoms with Crippen LogP contribution in [0.3, 0.4) is 0 Å². The van der Waals surface area contributed by atoms with Crippen LogP contribution in [0.15, 0.2) is 36.4 Å². The molecule has 2 saturated carbocycles. The number of halogens is 3. The van der Waals surface area contributed by atoms with Crippen LogP contribution in [0.1, 0.15) is 82.3 Å². The first-order valence-corrected chi connectivity index (χ1v) is 15.6. The van der Waals surface area contributed by atoms with Crippen LogP contribution >= 0.6 is 23.2 Å². The molecule has 0 radical (unpaired) electrons. The maximum absolute atomic E-state index is 16.0. The number of aliphatic hydroxyl groups excluding tert-OH is 1. The summed E-state index contributed by atoms with van der Waals surface area (Å²) in [6.07, 6.45) is 5.92. The van der Waals surface area contributed by atoms with Gasteiger partial charge in [0.05, 0.1) is 17.2 Å². The third kappa shape index (κ3) is 4.72. The topological polar surface area (TPSA) is 93.6 Å². The monoisotopic (exact) mass is 603 g/mol. The van der Waals surface area contributed by atoms with Gasteiger partial charge >= 0.3 is 0 Å². The lowest BCUT2D eigenvalue weighted by molar-refractivity contribution is -0.124. The van der Waals surface area contributed by atoms with E-state index in [2.05, 4.69) is 29.8 Å². The number of nitrogens with one attached hydrogen (secondary N) is 3. The molecular weight excluding hydrogens is 564 g/mol. The summed E-state index contributed by atoms with van der Waals surface area (Å²) in [5.41, 5.74) is -0.556. The van der Waals surface area contributed by atoms with E-state index in [4.69, 9.17) is 23.2 Å². The SMILES string of the molecule is CC1(C)CCC2(CC1)N[C@@H](CNC1CCC(O)(CO)CC1)[C@H](c1cccc(Cl)c1F)[C@]21C(=O)Nc2cc(Cl)ccc21. The maximum atomic E-state index is 16.0. The molecule has 2 aliphatic heterocycles. The second-order valence-corrected chi connectivity index (χ2v) is 14.5. The van der Waals surface area contributed by atoms with Crippen LogP contribution in [0.4, 0.5) is 10.1 Å². The summed E-state index contributed by atoms with van der Waals surface area (Å²) in [5.74, 6) is -1.14. The molecular formula is C32H40Cl2FN3O3. The summed E-state index contributed by atoms with van der Waals surface area (Å²) in [5, 5.41) is 31.5. The third-order valence-electron chi connectivity index (χ3n) is 10.7. The molecule has 3 fully saturated rings. The Morgan fingerprint density at radius 2 is 1.76 bits per heavy atom. The molecule has 2 heterocycles. The van der Waals surface area contributed by atoms with E-state index >= 15 is 4.39 Å². The van der Waals surface area contributed by atoms with E-state index in [-0.39, 0.29) is 35.0 Å². The average molecular weight is 605 g/mol. The molecule has 3 atom stereocenters. The molecule has 6 rings (SSSR count). The summed E-state index contributed by atoms with van der Waals surface area (Å²) in [6, 6.07) is 10.5. The smallest absolute Gasteiger partial charge is 0.237 e. The molecule has 0 bridgehead atoms. The van der Waals surface area contributed by atoms with Gasteiger partial charge in [-0.15, -0.1) is 0 Å². The zero-order chi connectivity index (χ0) is 29.2. The molecule has 222 valence electrons. The van der Waals surface area contributed by atoms with Crippen LogP contribution in [0.2, 0.25) is 10.0 Å². The number of carbonyl (C=O) groups excluding carboxylic acids is 1. The van der Waals surface area contributed by atoms with Gasteiger partial charge < -0.3 is 26.2 Å². The molecule has 4 aliphatic rings. The Morgan fingerprint density at radius 3 is 2.44 bits per heavy atom. The van der Waals surface area contributed by atoms with Gasteiger partial charge in [-0.25, -0.2) is 4.39 Å². The minimum atomic E-state index is -1.06. The van der Waals surface area contributed by atoms with Crippen LogP contribution in [-0.4, -0.2) is 52.5 Å². The van der Waals surface area contributed by atoms with E-state index in [0.717, 1.165) is 44.1 Å².